The van der Waals surface area contributed by atoms with E-state index in [1.54, 1.807) is 0 Å². The van der Waals surface area contributed by atoms with Gasteiger partial charge < -0.3 is 5.32 Å². The lowest BCUT2D eigenvalue weighted by Gasteiger charge is -2.20. The van der Waals surface area contributed by atoms with Crippen LogP contribution < -0.4 is 5.32 Å². The highest BCUT2D eigenvalue weighted by Gasteiger charge is 2.08. The van der Waals surface area contributed by atoms with Crippen molar-refractivity contribution in [3.8, 4) is 0 Å². The van der Waals surface area contributed by atoms with Crippen LogP contribution >= 0.6 is 0 Å². The maximum Gasteiger partial charge on any atom is 0.0468 e. The van der Waals surface area contributed by atoms with Gasteiger partial charge in [-0.25, -0.2) is 0 Å². The van der Waals surface area contributed by atoms with Crippen LogP contribution in [0.4, 0.5) is 0 Å². The Labute approximate surface area is 98.9 Å². The van der Waals surface area contributed by atoms with Gasteiger partial charge in [0.05, 0.1) is 0 Å². The Morgan fingerprint density at radius 1 is 1.19 bits per heavy atom. The molecule has 1 atom stereocenters. The maximum absolute atomic E-state index is 4.02. The first-order valence-corrected chi connectivity index (χ1v) is 5.71. The fraction of sp³-hybridized carbons (Fsp3) is 0.333. The zero-order chi connectivity index (χ0) is 12.0. The second-order valence-corrected chi connectivity index (χ2v) is 4.35. The van der Waals surface area contributed by atoms with Crippen molar-refractivity contribution < 1.29 is 0 Å². The SMILES string of the molecule is C=C(C)NC(CCc1ccccc1)C(=C)C. The first-order chi connectivity index (χ1) is 7.59. The average Bonchev–Trinajstić information content (AvgIpc) is 2.25. The van der Waals surface area contributed by atoms with Crippen LogP contribution in [0.15, 0.2) is 54.8 Å². The molecule has 1 rings (SSSR count). The lowest BCUT2D eigenvalue weighted by atomic mass is 10.0. The summed E-state index contributed by atoms with van der Waals surface area (Å²) in [6.07, 6.45) is 2.13. The number of aryl methyl sites for hydroxylation is 1. The number of nitrogens with one attached hydrogen (secondary N) is 1. The zero-order valence-electron chi connectivity index (χ0n) is 10.3. The van der Waals surface area contributed by atoms with Gasteiger partial charge in [0, 0.05) is 11.7 Å². The molecule has 0 radical (unpaired) electrons. The van der Waals surface area contributed by atoms with Crippen LogP contribution in [0, 0.1) is 0 Å². The van der Waals surface area contributed by atoms with Crippen LogP contribution in [-0.2, 0) is 6.42 Å². The Hall–Kier alpha value is -1.50. The van der Waals surface area contributed by atoms with E-state index in [4.69, 9.17) is 0 Å². The van der Waals surface area contributed by atoms with Crippen molar-refractivity contribution in [2.24, 2.45) is 0 Å². The van der Waals surface area contributed by atoms with Crippen LogP contribution in [0.2, 0.25) is 0 Å². The van der Waals surface area contributed by atoms with Crippen molar-refractivity contribution in [2.45, 2.75) is 32.7 Å². The van der Waals surface area contributed by atoms with Gasteiger partial charge in [0.1, 0.15) is 0 Å². The van der Waals surface area contributed by atoms with E-state index in [2.05, 4.69) is 49.7 Å². The van der Waals surface area contributed by atoms with Crippen molar-refractivity contribution in [3.63, 3.8) is 0 Å². The number of benzene rings is 1. The molecular weight excluding hydrogens is 194 g/mol. The van der Waals surface area contributed by atoms with Crippen LogP contribution in [-0.4, -0.2) is 6.04 Å². The van der Waals surface area contributed by atoms with Crippen LogP contribution in [0.25, 0.3) is 0 Å². The van der Waals surface area contributed by atoms with E-state index in [1.165, 1.54) is 11.1 Å². The average molecular weight is 215 g/mol. The molecule has 0 aliphatic heterocycles. The van der Waals surface area contributed by atoms with Gasteiger partial charge in [-0.1, -0.05) is 49.1 Å². The molecule has 1 heteroatoms. The summed E-state index contributed by atoms with van der Waals surface area (Å²) >= 11 is 0. The van der Waals surface area contributed by atoms with Gasteiger partial charge >= 0.3 is 0 Å². The lowest BCUT2D eigenvalue weighted by molar-refractivity contribution is 0.592. The van der Waals surface area contributed by atoms with Gasteiger partial charge in [0.2, 0.25) is 0 Å². The lowest BCUT2D eigenvalue weighted by Crippen LogP contribution is -2.28. The molecule has 16 heavy (non-hydrogen) atoms. The van der Waals surface area contributed by atoms with Crippen molar-refractivity contribution in [1.29, 1.82) is 0 Å². The third-order valence-corrected chi connectivity index (χ3v) is 2.58. The molecule has 0 aliphatic rings. The summed E-state index contributed by atoms with van der Waals surface area (Å²) in [5, 5.41) is 3.36. The zero-order valence-corrected chi connectivity index (χ0v) is 10.3. The molecule has 0 aromatic heterocycles. The van der Waals surface area contributed by atoms with Crippen LogP contribution in [0.1, 0.15) is 25.8 Å². The fourth-order valence-corrected chi connectivity index (χ4v) is 1.69. The molecule has 0 bridgehead atoms. The third kappa shape index (κ3) is 4.35. The van der Waals surface area contributed by atoms with Gasteiger partial charge in [-0.15, -0.1) is 0 Å². The summed E-state index contributed by atoms with van der Waals surface area (Å²) in [7, 11) is 0. The number of hydrogen-bond acceptors (Lipinski definition) is 1. The van der Waals surface area contributed by atoms with E-state index in [-0.39, 0.29) is 0 Å². The quantitative estimate of drug-likeness (QED) is 0.714. The summed E-state index contributed by atoms with van der Waals surface area (Å²) in [4.78, 5) is 0. The first-order valence-electron chi connectivity index (χ1n) is 5.71. The van der Waals surface area contributed by atoms with E-state index in [0.29, 0.717) is 6.04 Å². The summed E-state index contributed by atoms with van der Waals surface area (Å²) in [5.41, 5.74) is 3.54. The minimum atomic E-state index is 0.331. The Morgan fingerprint density at radius 2 is 1.81 bits per heavy atom. The van der Waals surface area contributed by atoms with Crippen LogP contribution in [0.3, 0.4) is 0 Å². The summed E-state index contributed by atoms with van der Waals surface area (Å²) in [6.45, 7) is 11.9. The molecular formula is C15H21N. The normalized spacial score (nSPS) is 11.9. The highest BCUT2D eigenvalue weighted by Crippen LogP contribution is 2.10. The number of allylic oxidation sites excluding steroid dienone is 1. The van der Waals surface area contributed by atoms with Gasteiger partial charge in [0.15, 0.2) is 0 Å². The largest absolute Gasteiger partial charge is 0.383 e. The van der Waals surface area contributed by atoms with Crippen LogP contribution in [0.5, 0.6) is 0 Å². The van der Waals surface area contributed by atoms with Crippen molar-refractivity contribution in [3.05, 3.63) is 60.3 Å². The molecule has 0 saturated carbocycles. The highest BCUT2D eigenvalue weighted by molar-refractivity contribution is 5.16. The molecule has 0 spiro atoms. The van der Waals surface area contributed by atoms with E-state index in [1.807, 2.05) is 13.0 Å². The topological polar surface area (TPSA) is 12.0 Å². The first kappa shape index (κ1) is 12.6. The standard InChI is InChI=1S/C15H21N/c1-12(2)15(16-13(3)4)11-10-14-8-6-5-7-9-14/h5-9,15-16H,1,3,10-11H2,2,4H3. The molecule has 1 aromatic rings. The van der Waals surface area contributed by atoms with E-state index >= 15 is 0 Å². The van der Waals surface area contributed by atoms with Crippen molar-refractivity contribution in [2.75, 3.05) is 0 Å². The van der Waals surface area contributed by atoms with Crippen molar-refractivity contribution in [1.82, 2.24) is 5.32 Å². The summed E-state index contributed by atoms with van der Waals surface area (Å²) in [5.74, 6) is 0. The molecule has 1 aromatic carbocycles. The van der Waals surface area contributed by atoms with Gasteiger partial charge in [0.25, 0.3) is 0 Å². The molecule has 0 amide bonds. The fourth-order valence-electron chi connectivity index (χ4n) is 1.69. The Kier molecular flexibility index (Phi) is 4.84. The molecule has 0 aliphatic carbocycles. The smallest absolute Gasteiger partial charge is 0.0468 e. The summed E-state index contributed by atoms with van der Waals surface area (Å²) in [6, 6.07) is 10.9. The molecule has 0 fully saturated rings. The molecule has 0 heterocycles. The Balaban J connectivity index is 2.50. The molecule has 1 unspecified atom stereocenters. The summed E-state index contributed by atoms with van der Waals surface area (Å²) < 4.78 is 0. The maximum atomic E-state index is 4.02. The van der Waals surface area contributed by atoms with Gasteiger partial charge in [-0.2, -0.15) is 0 Å². The Bertz CT molecular complexity index is 351. The Morgan fingerprint density at radius 3 is 2.31 bits per heavy atom. The van der Waals surface area contributed by atoms with Crippen molar-refractivity contribution >= 4 is 0 Å². The minimum absolute atomic E-state index is 0.331. The molecule has 1 nitrogen and oxygen atoms in total. The van der Waals surface area contributed by atoms with E-state index in [0.717, 1.165) is 18.5 Å². The highest BCUT2D eigenvalue weighted by atomic mass is 14.9. The van der Waals surface area contributed by atoms with Gasteiger partial charge in [-0.05, 0) is 32.3 Å². The predicted molar refractivity (Wildman–Crippen MR) is 71.3 cm³/mol. The van der Waals surface area contributed by atoms with E-state index in [9.17, 15) is 0 Å². The van der Waals surface area contributed by atoms with Gasteiger partial charge in [-0.3, -0.25) is 0 Å². The monoisotopic (exact) mass is 215 g/mol. The molecule has 0 saturated heterocycles. The second-order valence-electron chi connectivity index (χ2n) is 4.35. The third-order valence-electron chi connectivity index (χ3n) is 2.58. The number of rotatable bonds is 6. The minimum Gasteiger partial charge on any atom is -0.383 e. The molecule has 86 valence electrons. The van der Waals surface area contributed by atoms with E-state index < -0.39 is 0 Å². The predicted octanol–water partition coefficient (Wildman–Crippen LogP) is 3.69. The number of hydrogen-bond donors (Lipinski definition) is 1. The second kappa shape index (κ2) is 6.16. The molecule has 1 N–H and O–H groups in total.